The minimum absolute atomic E-state index is 0.513. The molecular weight excluding hydrogens is 262 g/mol. The van der Waals surface area contributed by atoms with Gasteiger partial charge in [-0.25, -0.2) is 4.98 Å². The molecule has 4 nitrogen and oxygen atoms in total. The van der Waals surface area contributed by atoms with E-state index in [4.69, 9.17) is 10.5 Å². The van der Waals surface area contributed by atoms with Gasteiger partial charge in [0.05, 0.1) is 18.7 Å². The maximum atomic E-state index is 6.10. The Morgan fingerprint density at radius 1 is 1.19 bits per heavy atom. The van der Waals surface area contributed by atoms with E-state index < -0.39 is 0 Å². The molecule has 0 atom stereocenters. The van der Waals surface area contributed by atoms with Crippen LogP contribution < -0.4 is 10.5 Å². The second-order valence-electron chi connectivity index (χ2n) is 5.10. The summed E-state index contributed by atoms with van der Waals surface area (Å²) >= 11 is 0. The van der Waals surface area contributed by atoms with Gasteiger partial charge in [-0.1, -0.05) is 35.9 Å². The minimum Gasteiger partial charge on any atom is -0.492 e. The third kappa shape index (κ3) is 2.57. The summed E-state index contributed by atoms with van der Waals surface area (Å²) in [6, 6.07) is 14.3. The monoisotopic (exact) mass is 281 g/mol. The highest BCUT2D eigenvalue weighted by atomic mass is 16.5. The average Bonchev–Trinajstić information content (AvgIpc) is 2.77. The highest BCUT2D eigenvalue weighted by Crippen LogP contribution is 2.27. The summed E-state index contributed by atoms with van der Waals surface area (Å²) in [6.07, 6.45) is 0. The Bertz CT molecular complexity index is 777. The quantitative estimate of drug-likeness (QED) is 0.797. The van der Waals surface area contributed by atoms with E-state index in [1.165, 1.54) is 11.1 Å². The Labute approximate surface area is 124 Å². The van der Waals surface area contributed by atoms with Crippen molar-refractivity contribution in [2.24, 2.45) is 0 Å². The fraction of sp³-hybridized carbons (Fsp3) is 0.235. The molecule has 3 aromatic rings. The van der Waals surface area contributed by atoms with E-state index in [2.05, 4.69) is 36.2 Å². The van der Waals surface area contributed by atoms with Crippen LogP contribution in [0.25, 0.3) is 11.0 Å². The van der Waals surface area contributed by atoms with E-state index in [9.17, 15) is 0 Å². The van der Waals surface area contributed by atoms with Gasteiger partial charge in [0.25, 0.3) is 0 Å². The maximum Gasteiger partial charge on any atom is 0.201 e. The van der Waals surface area contributed by atoms with Gasteiger partial charge in [-0.15, -0.1) is 0 Å². The fourth-order valence-corrected chi connectivity index (χ4v) is 2.57. The number of nitrogens with two attached hydrogens (primary N) is 1. The number of hydrogen-bond acceptors (Lipinski definition) is 3. The van der Waals surface area contributed by atoms with Gasteiger partial charge in [-0.3, -0.25) is 0 Å². The molecule has 0 fully saturated rings. The lowest BCUT2D eigenvalue weighted by atomic mass is 10.1. The number of aromatic nitrogens is 2. The zero-order valence-corrected chi connectivity index (χ0v) is 12.3. The van der Waals surface area contributed by atoms with Gasteiger partial charge in [-0.05, 0) is 31.5 Å². The van der Waals surface area contributed by atoms with Gasteiger partial charge in [0.15, 0.2) is 0 Å². The number of aryl methyl sites for hydroxylation is 1. The summed E-state index contributed by atoms with van der Waals surface area (Å²) in [5.41, 5.74) is 10.4. The van der Waals surface area contributed by atoms with Crippen LogP contribution in [0, 0.1) is 6.92 Å². The number of hydrogen-bond donors (Lipinski definition) is 1. The number of ether oxygens (including phenoxy) is 1. The molecule has 2 N–H and O–H groups in total. The summed E-state index contributed by atoms with van der Waals surface area (Å²) in [5.74, 6) is 1.29. The fourth-order valence-electron chi connectivity index (χ4n) is 2.57. The standard InChI is InChI=1S/C17H19N3O/c1-3-21-15-9-5-8-14-16(15)19-17(18)20(14)11-13-7-4-6-12(2)10-13/h4-10H,3,11H2,1-2H3,(H2,18,19). The van der Waals surface area contributed by atoms with Crippen molar-refractivity contribution in [3.05, 3.63) is 53.6 Å². The van der Waals surface area contributed by atoms with Gasteiger partial charge in [0.1, 0.15) is 11.3 Å². The van der Waals surface area contributed by atoms with Crippen molar-refractivity contribution in [3.63, 3.8) is 0 Å². The molecule has 2 aromatic carbocycles. The minimum atomic E-state index is 0.513. The molecule has 108 valence electrons. The van der Waals surface area contributed by atoms with Crippen molar-refractivity contribution in [1.82, 2.24) is 9.55 Å². The zero-order valence-electron chi connectivity index (χ0n) is 12.3. The number of imidazole rings is 1. The molecule has 1 aromatic heterocycles. The van der Waals surface area contributed by atoms with E-state index in [-0.39, 0.29) is 0 Å². The summed E-state index contributed by atoms with van der Waals surface area (Å²) in [6.45, 7) is 5.38. The molecule has 0 saturated heterocycles. The second kappa shape index (κ2) is 5.48. The third-order valence-electron chi connectivity index (χ3n) is 3.49. The highest BCUT2D eigenvalue weighted by molar-refractivity contribution is 5.84. The molecule has 1 heterocycles. The van der Waals surface area contributed by atoms with Crippen LogP contribution >= 0.6 is 0 Å². The number of benzene rings is 2. The number of rotatable bonds is 4. The van der Waals surface area contributed by atoms with Gasteiger partial charge in [-0.2, -0.15) is 0 Å². The van der Waals surface area contributed by atoms with Crippen molar-refractivity contribution in [3.8, 4) is 5.75 Å². The van der Waals surface area contributed by atoms with Gasteiger partial charge in [0.2, 0.25) is 5.95 Å². The van der Waals surface area contributed by atoms with Crippen LogP contribution in [-0.2, 0) is 6.54 Å². The molecule has 0 aliphatic heterocycles. The predicted molar refractivity (Wildman–Crippen MR) is 85.6 cm³/mol. The summed E-state index contributed by atoms with van der Waals surface area (Å²) in [5, 5.41) is 0. The van der Waals surface area contributed by atoms with Crippen LogP contribution in [-0.4, -0.2) is 16.2 Å². The lowest BCUT2D eigenvalue weighted by molar-refractivity contribution is 0.343. The van der Waals surface area contributed by atoms with Crippen LogP contribution in [0.15, 0.2) is 42.5 Å². The van der Waals surface area contributed by atoms with Crippen molar-refractivity contribution < 1.29 is 4.74 Å². The first-order chi connectivity index (χ1) is 10.2. The van der Waals surface area contributed by atoms with Crippen LogP contribution in [0.5, 0.6) is 5.75 Å². The number of nitrogens with zero attached hydrogens (tertiary/aromatic N) is 2. The lowest BCUT2D eigenvalue weighted by Gasteiger charge is -2.08. The number of anilines is 1. The lowest BCUT2D eigenvalue weighted by Crippen LogP contribution is -2.04. The molecule has 0 aliphatic carbocycles. The summed E-state index contributed by atoms with van der Waals surface area (Å²) in [4.78, 5) is 4.47. The van der Waals surface area contributed by atoms with Crippen molar-refractivity contribution in [2.45, 2.75) is 20.4 Å². The zero-order chi connectivity index (χ0) is 14.8. The molecule has 0 saturated carbocycles. The smallest absolute Gasteiger partial charge is 0.201 e. The first-order valence-corrected chi connectivity index (χ1v) is 7.12. The molecule has 3 rings (SSSR count). The maximum absolute atomic E-state index is 6.10. The van der Waals surface area contributed by atoms with Gasteiger partial charge in [0, 0.05) is 0 Å². The molecule has 0 unspecified atom stereocenters. The van der Waals surface area contributed by atoms with E-state index >= 15 is 0 Å². The summed E-state index contributed by atoms with van der Waals surface area (Å²) in [7, 11) is 0. The van der Waals surface area contributed by atoms with E-state index in [0.29, 0.717) is 19.1 Å². The number of para-hydroxylation sites is 1. The van der Waals surface area contributed by atoms with Crippen molar-refractivity contribution in [2.75, 3.05) is 12.3 Å². The molecule has 4 heteroatoms. The number of nitrogen functional groups attached to an aromatic ring is 1. The van der Waals surface area contributed by atoms with Crippen molar-refractivity contribution >= 4 is 17.0 Å². The number of fused-ring (bicyclic) bond motifs is 1. The van der Waals surface area contributed by atoms with Crippen LogP contribution in [0.3, 0.4) is 0 Å². The van der Waals surface area contributed by atoms with Gasteiger partial charge < -0.3 is 15.0 Å². The Morgan fingerprint density at radius 3 is 2.76 bits per heavy atom. The largest absolute Gasteiger partial charge is 0.492 e. The summed E-state index contributed by atoms with van der Waals surface area (Å²) < 4.78 is 7.65. The Balaban J connectivity index is 2.06. The normalized spacial score (nSPS) is 11.0. The highest BCUT2D eigenvalue weighted by Gasteiger charge is 2.12. The van der Waals surface area contributed by atoms with Crippen LogP contribution in [0.1, 0.15) is 18.1 Å². The first kappa shape index (κ1) is 13.5. The van der Waals surface area contributed by atoms with Gasteiger partial charge >= 0.3 is 0 Å². The van der Waals surface area contributed by atoms with E-state index in [1.807, 2.05) is 29.7 Å². The second-order valence-corrected chi connectivity index (χ2v) is 5.10. The van der Waals surface area contributed by atoms with E-state index in [1.54, 1.807) is 0 Å². The Kier molecular flexibility index (Phi) is 3.52. The molecular formula is C17H19N3O. The molecule has 0 spiro atoms. The molecule has 0 aliphatic rings. The first-order valence-electron chi connectivity index (χ1n) is 7.12. The SMILES string of the molecule is CCOc1cccc2c1nc(N)n2Cc1cccc(C)c1. The molecule has 21 heavy (non-hydrogen) atoms. The van der Waals surface area contributed by atoms with E-state index in [0.717, 1.165) is 16.8 Å². The van der Waals surface area contributed by atoms with Crippen LogP contribution in [0.4, 0.5) is 5.95 Å². The molecule has 0 bridgehead atoms. The third-order valence-corrected chi connectivity index (χ3v) is 3.49. The molecule has 0 amide bonds. The van der Waals surface area contributed by atoms with Crippen LogP contribution in [0.2, 0.25) is 0 Å². The predicted octanol–water partition coefficient (Wildman–Crippen LogP) is 3.37. The molecule has 0 radical (unpaired) electrons. The Morgan fingerprint density at radius 2 is 2.00 bits per heavy atom. The van der Waals surface area contributed by atoms with Crippen molar-refractivity contribution in [1.29, 1.82) is 0 Å². The average molecular weight is 281 g/mol. The topological polar surface area (TPSA) is 53.1 Å². The Hall–Kier alpha value is -2.49.